The molecule has 1 amide bonds. The number of nitrogens with one attached hydrogen (secondary N) is 2. The lowest BCUT2D eigenvalue weighted by Gasteiger charge is -2.26. The van der Waals surface area contributed by atoms with Gasteiger partial charge in [0, 0.05) is 30.1 Å². The van der Waals surface area contributed by atoms with Crippen molar-refractivity contribution in [3.05, 3.63) is 39.9 Å². The molecule has 35 heavy (non-hydrogen) atoms. The molecule has 3 N–H and O–H groups in total. The first-order valence-electron chi connectivity index (χ1n) is 12.4. The number of aliphatic carboxylic acids is 1. The molecule has 4 rings (SSSR count). The Morgan fingerprint density at radius 3 is 2.69 bits per heavy atom. The maximum Gasteiger partial charge on any atom is 0.328 e. The molecule has 0 radical (unpaired) electrons. The highest BCUT2D eigenvalue weighted by atomic mass is 32.1. The van der Waals surface area contributed by atoms with Gasteiger partial charge in [-0.15, -0.1) is 11.3 Å². The van der Waals surface area contributed by atoms with Crippen molar-refractivity contribution < 1.29 is 24.2 Å². The maximum atomic E-state index is 12.8. The lowest BCUT2D eigenvalue weighted by molar-refractivity contribution is -0.146. The smallest absolute Gasteiger partial charge is 0.328 e. The molecular formula is C26H33N3O5S. The molecule has 1 aromatic carbocycles. The standard InChI is InChI=1S/C26H33N3O5S/c1-3-4-13-34-26(33)21-22-20(11-12-27-21)29-24(35-22)19-10-7-17(14-15(19)2)23(30)28-18-8-5-16(6-9-18)25(31)32/h7,10,14,16,18,21,27H,3-6,8-9,11-13H2,1-2H3,(H,28,30)(H,31,32). The number of hydrogen-bond acceptors (Lipinski definition) is 7. The summed E-state index contributed by atoms with van der Waals surface area (Å²) in [5.74, 6) is -1.45. The van der Waals surface area contributed by atoms with Gasteiger partial charge in [-0.2, -0.15) is 0 Å². The minimum atomic E-state index is -0.750. The van der Waals surface area contributed by atoms with Crippen LogP contribution in [0.3, 0.4) is 0 Å². The third-order valence-corrected chi connectivity index (χ3v) is 8.00. The molecule has 1 saturated carbocycles. The predicted molar refractivity (Wildman–Crippen MR) is 133 cm³/mol. The van der Waals surface area contributed by atoms with E-state index in [1.54, 1.807) is 6.07 Å². The molecule has 0 spiro atoms. The van der Waals surface area contributed by atoms with Crippen molar-refractivity contribution in [3.8, 4) is 10.6 Å². The van der Waals surface area contributed by atoms with Gasteiger partial charge in [0.2, 0.25) is 0 Å². The van der Waals surface area contributed by atoms with Crippen molar-refractivity contribution in [3.63, 3.8) is 0 Å². The first-order chi connectivity index (χ1) is 16.9. The van der Waals surface area contributed by atoms with Crippen LogP contribution < -0.4 is 10.6 Å². The molecule has 9 heteroatoms. The van der Waals surface area contributed by atoms with E-state index in [2.05, 4.69) is 17.6 Å². The van der Waals surface area contributed by atoms with Crippen LogP contribution in [0.4, 0.5) is 0 Å². The average Bonchev–Trinajstić information content (AvgIpc) is 3.28. The lowest BCUT2D eigenvalue weighted by Crippen LogP contribution is -2.38. The highest BCUT2D eigenvalue weighted by molar-refractivity contribution is 7.15. The first-order valence-corrected chi connectivity index (χ1v) is 13.2. The number of carboxylic acid groups (broad SMARTS) is 1. The molecule has 0 bridgehead atoms. The molecule has 1 aliphatic carbocycles. The number of carbonyl (C=O) groups is 3. The van der Waals surface area contributed by atoms with Gasteiger partial charge in [0.05, 0.1) is 23.1 Å². The number of aryl methyl sites for hydroxylation is 1. The lowest BCUT2D eigenvalue weighted by atomic mass is 9.86. The third-order valence-electron chi connectivity index (χ3n) is 6.81. The summed E-state index contributed by atoms with van der Waals surface area (Å²) in [6.45, 7) is 5.12. The number of nitrogens with zero attached hydrogens (tertiary/aromatic N) is 1. The molecule has 1 fully saturated rings. The first kappa shape index (κ1) is 25.3. The molecule has 1 unspecified atom stereocenters. The number of fused-ring (bicyclic) bond motifs is 1. The van der Waals surface area contributed by atoms with E-state index in [0.29, 0.717) is 44.4 Å². The summed E-state index contributed by atoms with van der Waals surface area (Å²) in [6.07, 6.45) is 5.13. The van der Waals surface area contributed by atoms with Crippen LogP contribution in [0.1, 0.15) is 78.0 Å². The summed E-state index contributed by atoms with van der Waals surface area (Å²) in [6, 6.07) is 5.10. The van der Waals surface area contributed by atoms with E-state index in [4.69, 9.17) is 14.8 Å². The van der Waals surface area contributed by atoms with Crippen LogP contribution in [0, 0.1) is 12.8 Å². The molecule has 2 aliphatic rings. The summed E-state index contributed by atoms with van der Waals surface area (Å²) in [5, 5.41) is 16.3. The zero-order chi connectivity index (χ0) is 24.9. The van der Waals surface area contributed by atoms with E-state index in [0.717, 1.165) is 46.0 Å². The average molecular weight is 500 g/mol. The van der Waals surface area contributed by atoms with Gasteiger partial charge in [-0.25, -0.2) is 9.78 Å². The fourth-order valence-corrected chi connectivity index (χ4v) is 5.97. The Kier molecular flexibility index (Phi) is 8.18. The van der Waals surface area contributed by atoms with Crippen molar-refractivity contribution in [2.45, 2.75) is 70.9 Å². The van der Waals surface area contributed by atoms with Gasteiger partial charge in [-0.1, -0.05) is 19.4 Å². The summed E-state index contributed by atoms with van der Waals surface area (Å²) < 4.78 is 5.44. The van der Waals surface area contributed by atoms with Gasteiger partial charge in [-0.3, -0.25) is 14.9 Å². The Hall–Kier alpha value is -2.78. The van der Waals surface area contributed by atoms with E-state index in [1.165, 1.54) is 11.3 Å². The number of thiazole rings is 1. The molecule has 1 aromatic heterocycles. The molecule has 8 nitrogen and oxygen atoms in total. The fraction of sp³-hybridized carbons (Fsp3) is 0.538. The van der Waals surface area contributed by atoms with Crippen molar-refractivity contribution in [1.29, 1.82) is 0 Å². The fourth-order valence-electron chi connectivity index (χ4n) is 4.70. The number of esters is 1. The van der Waals surface area contributed by atoms with E-state index in [9.17, 15) is 14.4 Å². The van der Waals surface area contributed by atoms with Gasteiger partial charge in [-0.05, 0) is 56.7 Å². The second-order valence-corrected chi connectivity index (χ2v) is 10.4. The number of ether oxygens (including phenoxy) is 1. The minimum Gasteiger partial charge on any atom is -0.481 e. The number of amides is 1. The van der Waals surface area contributed by atoms with Gasteiger partial charge >= 0.3 is 11.9 Å². The SMILES string of the molecule is CCCCOC(=O)C1NCCc2nc(-c3ccc(C(=O)NC4CCC(C(=O)O)CC4)cc3C)sc21. The van der Waals surface area contributed by atoms with Crippen molar-refractivity contribution in [1.82, 2.24) is 15.6 Å². The molecule has 1 aliphatic heterocycles. The summed E-state index contributed by atoms with van der Waals surface area (Å²) in [5.41, 5.74) is 3.39. The molecule has 2 heterocycles. The number of carbonyl (C=O) groups excluding carboxylic acids is 2. The summed E-state index contributed by atoms with van der Waals surface area (Å²) in [7, 11) is 0. The van der Waals surface area contributed by atoms with Gasteiger partial charge in [0.1, 0.15) is 11.0 Å². The Labute approximate surface area is 209 Å². The van der Waals surface area contributed by atoms with E-state index >= 15 is 0 Å². The molecule has 2 aromatic rings. The van der Waals surface area contributed by atoms with Crippen LogP contribution in [-0.2, 0) is 20.7 Å². The Morgan fingerprint density at radius 1 is 1.23 bits per heavy atom. The van der Waals surface area contributed by atoms with Gasteiger partial charge < -0.3 is 15.2 Å². The zero-order valence-corrected chi connectivity index (χ0v) is 21.1. The summed E-state index contributed by atoms with van der Waals surface area (Å²) in [4.78, 5) is 42.3. The Morgan fingerprint density at radius 2 is 2.00 bits per heavy atom. The summed E-state index contributed by atoms with van der Waals surface area (Å²) >= 11 is 1.50. The largest absolute Gasteiger partial charge is 0.481 e. The molecule has 1 atom stereocenters. The van der Waals surface area contributed by atoms with E-state index < -0.39 is 12.0 Å². The Balaban J connectivity index is 1.44. The monoisotopic (exact) mass is 499 g/mol. The normalized spacial score (nSPS) is 21.7. The second-order valence-electron chi connectivity index (χ2n) is 9.38. The number of benzene rings is 1. The minimum absolute atomic E-state index is 0.00489. The Bertz CT molecular complexity index is 1090. The van der Waals surface area contributed by atoms with Crippen molar-refractivity contribution in [2.24, 2.45) is 5.92 Å². The van der Waals surface area contributed by atoms with Crippen LogP contribution in [0.25, 0.3) is 10.6 Å². The van der Waals surface area contributed by atoms with Crippen LogP contribution in [-0.4, -0.2) is 47.1 Å². The topological polar surface area (TPSA) is 118 Å². The molecule has 0 saturated heterocycles. The number of hydrogen-bond donors (Lipinski definition) is 3. The maximum absolute atomic E-state index is 12.8. The number of carboxylic acids is 1. The van der Waals surface area contributed by atoms with Gasteiger partial charge in [0.25, 0.3) is 5.91 Å². The zero-order valence-electron chi connectivity index (χ0n) is 20.3. The van der Waals surface area contributed by atoms with Crippen LogP contribution in [0.5, 0.6) is 0 Å². The van der Waals surface area contributed by atoms with Gasteiger partial charge in [0.15, 0.2) is 0 Å². The number of unbranched alkanes of at least 4 members (excludes halogenated alkanes) is 1. The highest BCUT2D eigenvalue weighted by Crippen LogP contribution is 2.36. The second kappa shape index (κ2) is 11.3. The molecule has 188 valence electrons. The van der Waals surface area contributed by atoms with E-state index in [1.807, 2.05) is 19.1 Å². The highest BCUT2D eigenvalue weighted by Gasteiger charge is 2.31. The van der Waals surface area contributed by atoms with Crippen molar-refractivity contribution in [2.75, 3.05) is 13.2 Å². The predicted octanol–water partition coefficient (Wildman–Crippen LogP) is 4.02. The van der Waals surface area contributed by atoms with Crippen LogP contribution in [0.2, 0.25) is 0 Å². The van der Waals surface area contributed by atoms with Crippen LogP contribution in [0.15, 0.2) is 18.2 Å². The third kappa shape index (κ3) is 5.90. The number of aromatic nitrogens is 1. The van der Waals surface area contributed by atoms with Crippen LogP contribution >= 0.6 is 11.3 Å². The molecular weight excluding hydrogens is 466 g/mol. The van der Waals surface area contributed by atoms with Crippen molar-refractivity contribution >= 4 is 29.2 Å². The quantitative estimate of drug-likeness (QED) is 0.371. The number of rotatable bonds is 8. The van der Waals surface area contributed by atoms with E-state index in [-0.39, 0.29) is 23.8 Å².